The molecule has 0 spiro atoms. The number of hydrogen-bond acceptors (Lipinski definition) is 8. The summed E-state index contributed by atoms with van der Waals surface area (Å²) in [6.45, 7) is 0. The quantitative estimate of drug-likeness (QED) is 0.543. The number of pyridine rings is 1. The summed E-state index contributed by atoms with van der Waals surface area (Å²) < 4.78 is -0.575. The van der Waals surface area contributed by atoms with Crippen LogP contribution in [0.4, 0.5) is 22.2 Å². The van der Waals surface area contributed by atoms with Crippen LogP contribution in [0.3, 0.4) is 0 Å². The summed E-state index contributed by atoms with van der Waals surface area (Å²) in [6.07, 6.45) is 0. The van der Waals surface area contributed by atoms with Gasteiger partial charge in [-0.3, -0.25) is 9.59 Å². The van der Waals surface area contributed by atoms with Gasteiger partial charge < -0.3 is 22.5 Å². The van der Waals surface area contributed by atoms with Gasteiger partial charge in [-0.05, 0) is 12.1 Å². The number of rotatable bonds is 2. The monoisotopic (exact) mass is 352 g/mol. The fraction of sp³-hybridized carbons (Fsp3) is 0. The van der Waals surface area contributed by atoms with Crippen molar-refractivity contribution in [2.24, 2.45) is 0 Å². The number of hydrogen-bond donors (Lipinski definition) is 4. The molecular weight excluding hydrogens is 340 g/mol. The number of fused-ring (bicyclic) bond motifs is 1. The minimum Gasteiger partial charge on any atom is -0.397 e. The van der Waals surface area contributed by atoms with Crippen molar-refractivity contribution in [2.45, 2.75) is 0 Å². The van der Waals surface area contributed by atoms with Crippen molar-refractivity contribution in [3.63, 3.8) is 0 Å². The number of anilines is 4. The number of nitrogens with one attached hydrogen (secondary N) is 1. The summed E-state index contributed by atoms with van der Waals surface area (Å²) >= 11 is 0.658. The van der Waals surface area contributed by atoms with Gasteiger partial charge in [-0.15, -0.1) is 0 Å². The molecule has 1 amide bonds. The van der Waals surface area contributed by atoms with Crippen LogP contribution in [0.25, 0.3) is 10.9 Å². The number of benzene rings is 1. The molecule has 25 heavy (non-hydrogen) atoms. The van der Waals surface area contributed by atoms with E-state index in [1.165, 1.54) is 0 Å². The molecule has 0 unspecified atom stereocenters. The third-order valence-electron chi connectivity index (χ3n) is 3.52. The lowest BCUT2D eigenvalue weighted by Crippen LogP contribution is -2.21. The van der Waals surface area contributed by atoms with E-state index in [0.717, 1.165) is 0 Å². The minimum atomic E-state index is -0.659. The topological polar surface area (TPSA) is 161 Å². The first-order valence-corrected chi connectivity index (χ1v) is 7.83. The van der Waals surface area contributed by atoms with Gasteiger partial charge in [0.25, 0.3) is 5.91 Å². The molecule has 2 aromatic heterocycles. The molecule has 0 aliphatic rings. The number of aromatic nitrogens is 1. The highest BCUT2D eigenvalue weighted by molar-refractivity contribution is 7.14. The van der Waals surface area contributed by atoms with Crippen LogP contribution in [0.2, 0.25) is 0 Å². The Morgan fingerprint density at radius 1 is 1.20 bits per heavy atom. The first kappa shape index (κ1) is 16.2. The molecule has 1 aromatic carbocycles. The molecule has 9 heteroatoms. The maximum atomic E-state index is 12.6. The van der Waals surface area contributed by atoms with Crippen LogP contribution in [0.15, 0.2) is 35.1 Å². The molecule has 0 saturated heterocycles. The molecule has 0 atom stereocenters. The van der Waals surface area contributed by atoms with E-state index in [-0.39, 0.29) is 38.5 Å². The van der Waals surface area contributed by atoms with Gasteiger partial charge in [0.05, 0.1) is 16.6 Å². The largest absolute Gasteiger partial charge is 0.397 e. The zero-order valence-electron chi connectivity index (χ0n) is 12.7. The highest BCUT2D eigenvalue weighted by Crippen LogP contribution is 2.33. The molecule has 3 rings (SSSR count). The van der Waals surface area contributed by atoms with Crippen LogP contribution in [0.5, 0.6) is 0 Å². The SMILES string of the molecule is N#Cc1c(N)nc2c(C(=O)Nc3ccccc3)c(=O)sc(N)c2c1N. The second-order valence-electron chi connectivity index (χ2n) is 5.07. The van der Waals surface area contributed by atoms with Gasteiger partial charge in [0, 0.05) is 5.69 Å². The Balaban J connectivity index is 2.27. The molecule has 0 saturated carbocycles. The van der Waals surface area contributed by atoms with Crippen molar-refractivity contribution < 1.29 is 4.79 Å². The number of amides is 1. The van der Waals surface area contributed by atoms with E-state index in [2.05, 4.69) is 10.3 Å². The van der Waals surface area contributed by atoms with Gasteiger partial charge >= 0.3 is 0 Å². The van der Waals surface area contributed by atoms with Gasteiger partial charge in [-0.25, -0.2) is 4.98 Å². The van der Waals surface area contributed by atoms with Crippen molar-refractivity contribution in [3.8, 4) is 6.07 Å². The second-order valence-corrected chi connectivity index (χ2v) is 6.08. The van der Waals surface area contributed by atoms with Crippen molar-refractivity contribution >= 4 is 50.3 Å². The van der Waals surface area contributed by atoms with Crippen LogP contribution in [0.1, 0.15) is 15.9 Å². The molecule has 2 heterocycles. The number of nitrogen functional groups attached to an aromatic ring is 3. The number of nitrogens with two attached hydrogens (primary N) is 3. The van der Waals surface area contributed by atoms with Crippen molar-refractivity contribution in [1.82, 2.24) is 4.98 Å². The molecule has 0 fully saturated rings. The standard InChI is InChI=1S/C16H12N6O2S/c17-6-8-11(18)9-12(22-13(8)19)10(16(24)25-14(9)20)15(23)21-7-4-2-1-3-5-7/h1-5H,18,20H2,(H2,19,22)(H,21,23). The number of nitrogens with zero attached hydrogens (tertiary/aromatic N) is 2. The number of carbonyl (C=O) groups excluding carboxylic acids is 1. The number of carbonyl (C=O) groups is 1. The smallest absolute Gasteiger partial charge is 0.262 e. The molecule has 0 aliphatic heterocycles. The van der Waals surface area contributed by atoms with Crippen LogP contribution < -0.4 is 27.3 Å². The first-order valence-electron chi connectivity index (χ1n) is 7.01. The Labute approximate surface area is 145 Å². The van der Waals surface area contributed by atoms with E-state index in [1.807, 2.05) is 6.07 Å². The summed E-state index contributed by atoms with van der Waals surface area (Å²) in [5.41, 5.74) is 17.8. The van der Waals surface area contributed by atoms with Gasteiger partial charge in [0.1, 0.15) is 28.0 Å². The van der Waals surface area contributed by atoms with Crippen LogP contribution in [-0.4, -0.2) is 10.9 Å². The maximum absolute atomic E-state index is 12.6. The van der Waals surface area contributed by atoms with Crippen molar-refractivity contribution in [3.05, 3.63) is 51.0 Å². The fourth-order valence-corrected chi connectivity index (χ4v) is 3.18. The van der Waals surface area contributed by atoms with E-state index in [0.29, 0.717) is 17.0 Å². The Bertz CT molecular complexity index is 1100. The Morgan fingerprint density at radius 3 is 2.52 bits per heavy atom. The van der Waals surface area contributed by atoms with Gasteiger partial charge in [-0.2, -0.15) is 5.26 Å². The average molecular weight is 352 g/mol. The maximum Gasteiger partial charge on any atom is 0.262 e. The molecule has 0 aliphatic carbocycles. The van der Waals surface area contributed by atoms with Gasteiger partial charge in [0.15, 0.2) is 0 Å². The summed E-state index contributed by atoms with van der Waals surface area (Å²) in [4.78, 5) is 29.0. The summed E-state index contributed by atoms with van der Waals surface area (Å²) in [5, 5.41) is 12.0. The van der Waals surface area contributed by atoms with Crippen LogP contribution >= 0.6 is 11.3 Å². The lowest BCUT2D eigenvalue weighted by Gasteiger charge is -2.11. The fourth-order valence-electron chi connectivity index (χ4n) is 2.38. The lowest BCUT2D eigenvalue weighted by molar-refractivity contribution is 0.102. The molecule has 3 aromatic rings. The van der Waals surface area contributed by atoms with E-state index in [1.54, 1.807) is 30.3 Å². The minimum absolute atomic E-state index is 0.00693. The first-order chi connectivity index (χ1) is 11.9. The average Bonchev–Trinajstić information content (AvgIpc) is 2.55. The Morgan fingerprint density at radius 2 is 1.88 bits per heavy atom. The van der Waals surface area contributed by atoms with Crippen molar-refractivity contribution in [1.29, 1.82) is 5.26 Å². The van der Waals surface area contributed by atoms with E-state index in [4.69, 9.17) is 22.5 Å². The summed E-state index contributed by atoms with van der Waals surface area (Å²) in [7, 11) is 0. The summed E-state index contributed by atoms with van der Waals surface area (Å²) in [6, 6.07) is 10.5. The Hall–Kier alpha value is -3.64. The third kappa shape index (κ3) is 2.71. The lowest BCUT2D eigenvalue weighted by atomic mass is 10.1. The van der Waals surface area contributed by atoms with Crippen LogP contribution in [-0.2, 0) is 0 Å². The normalized spacial score (nSPS) is 10.4. The molecule has 0 bridgehead atoms. The predicted octanol–water partition coefficient (Wildman–Crippen LogP) is 1.53. The second kappa shape index (κ2) is 6.10. The van der Waals surface area contributed by atoms with E-state index < -0.39 is 10.6 Å². The van der Waals surface area contributed by atoms with E-state index >= 15 is 0 Å². The number of para-hydroxylation sites is 1. The number of nitriles is 1. The van der Waals surface area contributed by atoms with Gasteiger partial charge in [-0.1, -0.05) is 29.5 Å². The molecule has 0 radical (unpaired) electrons. The zero-order valence-corrected chi connectivity index (χ0v) is 13.6. The predicted molar refractivity (Wildman–Crippen MR) is 98.2 cm³/mol. The molecule has 7 N–H and O–H groups in total. The highest BCUT2D eigenvalue weighted by Gasteiger charge is 2.23. The zero-order chi connectivity index (χ0) is 18.1. The van der Waals surface area contributed by atoms with Crippen molar-refractivity contribution in [2.75, 3.05) is 22.5 Å². The highest BCUT2D eigenvalue weighted by atomic mass is 32.1. The molecule has 124 valence electrons. The summed E-state index contributed by atoms with van der Waals surface area (Å²) in [5.74, 6) is -0.829. The van der Waals surface area contributed by atoms with E-state index in [9.17, 15) is 9.59 Å². The third-order valence-corrected chi connectivity index (χ3v) is 4.34. The van der Waals surface area contributed by atoms with Crippen LogP contribution in [0, 0.1) is 11.3 Å². The van der Waals surface area contributed by atoms with Gasteiger partial charge in [0.2, 0.25) is 4.74 Å². The molecular formula is C16H12N6O2S. The molecule has 8 nitrogen and oxygen atoms in total. The Kier molecular flexibility index (Phi) is 3.96.